The molecule has 0 saturated heterocycles. The van der Waals surface area contributed by atoms with Gasteiger partial charge in [-0.15, -0.1) is 11.8 Å². The van der Waals surface area contributed by atoms with Gasteiger partial charge in [-0.2, -0.15) is 0 Å². The number of nitrogens with one attached hydrogen (secondary N) is 1. The number of carbonyl (C=O) groups excluding carboxylic acids is 1. The van der Waals surface area contributed by atoms with Crippen molar-refractivity contribution < 1.29 is 13.9 Å². The lowest BCUT2D eigenvalue weighted by Crippen LogP contribution is -2.13. The summed E-state index contributed by atoms with van der Waals surface area (Å²) >= 11 is 1.47. The average molecular weight is 390 g/mol. The van der Waals surface area contributed by atoms with Crippen LogP contribution in [0.3, 0.4) is 0 Å². The Morgan fingerprint density at radius 3 is 2.68 bits per heavy atom. The van der Waals surface area contributed by atoms with Gasteiger partial charge in [0, 0.05) is 16.1 Å². The van der Waals surface area contributed by atoms with E-state index in [9.17, 15) is 4.79 Å². The van der Waals surface area contributed by atoms with E-state index in [0.717, 1.165) is 27.3 Å². The summed E-state index contributed by atoms with van der Waals surface area (Å²) in [7, 11) is 1.63. The number of thioether (sulfide) groups is 1. The second-order valence-corrected chi connectivity index (χ2v) is 7.13. The van der Waals surface area contributed by atoms with E-state index in [0.29, 0.717) is 17.3 Å². The van der Waals surface area contributed by atoms with Crippen molar-refractivity contribution in [3.63, 3.8) is 0 Å². The second-order valence-electron chi connectivity index (χ2n) is 6.08. The second kappa shape index (κ2) is 8.19. The summed E-state index contributed by atoms with van der Waals surface area (Å²) in [6, 6.07) is 22.7. The summed E-state index contributed by atoms with van der Waals surface area (Å²) in [5.41, 5.74) is 3.07. The number of carbonyl (C=O) groups is 1. The third kappa shape index (κ3) is 4.18. The Balaban J connectivity index is 1.41. The first kappa shape index (κ1) is 18.1. The van der Waals surface area contributed by atoms with Crippen LogP contribution >= 0.6 is 11.8 Å². The minimum atomic E-state index is -0.0736. The van der Waals surface area contributed by atoms with Crippen LogP contribution < -0.4 is 10.1 Å². The number of ether oxygens (including phenoxy) is 1. The Morgan fingerprint density at radius 1 is 1.07 bits per heavy atom. The molecule has 6 heteroatoms. The SMILES string of the molecule is COc1ccc(SCC(=O)Nc2cccc(-c3nc4ccccc4o3)c2)cc1. The van der Waals surface area contributed by atoms with Gasteiger partial charge in [0.25, 0.3) is 0 Å². The fourth-order valence-corrected chi connectivity index (χ4v) is 3.44. The number of methoxy groups -OCH3 is 1. The summed E-state index contributed by atoms with van der Waals surface area (Å²) in [5, 5.41) is 2.92. The normalized spacial score (nSPS) is 10.8. The van der Waals surface area contributed by atoms with Crippen LogP contribution in [0.25, 0.3) is 22.6 Å². The number of nitrogens with zero attached hydrogens (tertiary/aromatic N) is 1. The van der Waals surface area contributed by atoms with Crippen LogP contribution in [-0.4, -0.2) is 23.8 Å². The number of hydrogen-bond donors (Lipinski definition) is 1. The van der Waals surface area contributed by atoms with Crippen molar-refractivity contribution in [2.75, 3.05) is 18.2 Å². The van der Waals surface area contributed by atoms with Gasteiger partial charge in [0.2, 0.25) is 11.8 Å². The van der Waals surface area contributed by atoms with E-state index in [-0.39, 0.29) is 5.91 Å². The number of para-hydroxylation sites is 2. The fourth-order valence-electron chi connectivity index (χ4n) is 2.74. The summed E-state index contributed by atoms with van der Waals surface area (Å²) in [6.45, 7) is 0. The predicted octanol–water partition coefficient (Wildman–Crippen LogP) is 5.23. The van der Waals surface area contributed by atoms with E-state index < -0.39 is 0 Å². The van der Waals surface area contributed by atoms with E-state index in [4.69, 9.17) is 9.15 Å². The van der Waals surface area contributed by atoms with E-state index in [1.165, 1.54) is 11.8 Å². The van der Waals surface area contributed by atoms with Gasteiger partial charge >= 0.3 is 0 Å². The molecule has 5 nitrogen and oxygen atoms in total. The maximum absolute atomic E-state index is 12.3. The summed E-state index contributed by atoms with van der Waals surface area (Å²) < 4.78 is 10.9. The standard InChI is InChI=1S/C22H18N2O3S/c1-26-17-9-11-18(12-10-17)28-14-21(25)23-16-6-4-5-15(13-16)22-24-19-7-2-3-8-20(19)27-22/h2-13H,14H2,1H3,(H,23,25). The zero-order valence-corrected chi connectivity index (χ0v) is 16.0. The summed E-state index contributed by atoms with van der Waals surface area (Å²) in [4.78, 5) is 17.8. The predicted molar refractivity (Wildman–Crippen MR) is 112 cm³/mol. The molecule has 1 aromatic heterocycles. The van der Waals surface area contributed by atoms with Crippen LogP contribution in [0.5, 0.6) is 5.75 Å². The third-order valence-corrected chi connectivity index (χ3v) is 5.13. The van der Waals surface area contributed by atoms with Crippen molar-refractivity contribution in [3.8, 4) is 17.2 Å². The molecule has 1 amide bonds. The average Bonchev–Trinajstić information content (AvgIpc) is 3.17. The van der Waals surface area contributed by atoms with Crippen LogP contribution in [0, 0.1) is 0 Å². The van der Waals surface area contributed by atoms with Crippen molar-refractivity contribution in [2.24, 2.45) is 0 Å². The maximum Gasteiger partial charge on any atom is 0.234 e. The van der Waals surface area contributed by atoms with Crippen molar-refractivity contribution in [2.45, 2.75) is 4.90 Å². The molecule has 0 aliphatic carbocycles. The monoisotopic (exact) mass is 390 g/mol. The number of anilines is 1. The highest BCUT2D eigenvalue weighted by Crippen LogP contribution is 2.26. The quantitative estimate of drug-likeness (QED) is 0.457. The van der Waals surface area contributed by atoms with Gasteiger partial charge in [0.15, 0.2) is 5.58 Å². The molecule has 0 spiro atoms. The highest BCUT2D eigenvalue weighted by molar-refractivity contribution is 8.00. The molecular weight excluding hydrogens is 372 g/mol. The van der Waals surface area contributed by atoms with Gasteiger partial charge in [0.1, 0.15) is 11.3 Å². The largest absolute Gasteiger partial charge is 0.497 e. The summed E-state index contributed by atoms with van der Waals surface area (Å²) in [6.07, 6.45) is 0. The first-order chi connectivity index (χ1) is 13.7. The highest BCUT2D eigenvalue weighted by Gasteiger charge is 2.10. The van der Waals surface area contributed by atoms with Gasteiger partial charge in [-0.05, 0) is 54.6 Å². The Labute approximate surface area is 166 Å². The number of amides is 1. The van der Waals surface area contributed by atoms with E-state index in [1.54, 1.807) is 7.11 Å². The van der Waals surface area contributed by atoms with Crippen molar-refractivity contribution >= 4 is 34.5 Å². The van der Waals surface area contributed by atoms with E-state index >= 15 is 0 Å². The zero-order valence-electron chi connectivity index (χ0n) is 15.2. The van der Waals surface area contributed by atoms with E-state index in [2.05, 4.69) is 10.3 Å². The molecular formula is C22H18N2O3S. The lowest BCUT2D eigenvalue weighted by Gasteiger charge is -2.07. The number of rotatable bonds is 6. The molecule has 0 saturated carbocycles. The van der Waals surface area contributed by atoms with Crippen LogP contribution in [0.2, 0.25) is 0 Å². The van der Waals surface area contributed by atoms with Gasteiger partial charge in [-0.3, -0.25) is 4.79 Å². The van der Waals surface area contributed by atoms with Crippen molar-refractivity contribution in [1.29, 1.82) is 0 Å². The third-order valence-electron chi connectivity index (χ3n) is 4.12. The van der Waals surface area contributed by atoms with Crippen LogP contribution in [0.1, 0.15) is 0 Å². The molecule has 0 bridgehead atoms. The molecule has 0 radical (unpaired) electrons. The molecule has 0 fully saturated rings. The van der Waals surface area contributed by atoms with E-state index in [1.807, 2.05) is 72.8 Å². The molecule has 28 heavy (non-hydrogen) atoms. The molecule has 0 atom stereocenters. The van der Waals surface area contributed by atoms with Crippen molar-refractivity contribution in [1.82, 2.24) is 4.98 Å². The minimum absolute atomic E-state index is 0.0736. The summed E-state index contributed by atoms with van der Waals surface area (Å²) in [5.74, 6) is 1.57. The first-order valence-corrected chi connectivity index (χ1v) is 9.72. The van der Waals surface area contributed by atoms with Crippen LogP contribution in [0.15, 0.2) is 82.1 Å². The number of hydrogen-bond acceptors (Lipinski definition) is 5. The van der Waals surface area contributed by atoms with Crippen LogP contribution in [-0.2, 0) is 4.79 Å². The van der Waals surface area contributed by atoms with Gasteiger partial charge in [0.05, 0.1) is 12.9 Å². The molecule has 3 aromatic carbocycles. The zero-order chi connectivity index (χ0) is 19.3. The number of benzene rings is 3. The molecule has 140 valence electrons. The Morgan fingerprint density at radius 2 is 1.89 bits per heavy atom. The van der Waals surface area contributed by atoms with Gasteiger partial charge < -0.3 is 14.5 Å². The number of aromatic nitrogens is 1. The molecule has 4 rings (SSSR count). The Bertz CT molecular complexity index is 1070. The smallest absolute Gasteiger partial charge is 0.234 e. The highest BCUT2D eigenvalue weighted by atomic mass is 32.2. The number of oxazole rings is 1. The topological polar surface area (TPSA) is 64.4 Å². The molecule has 0 aliphatic rings. The molecule has 1 N–H and O–H groups in total. The maximum atomic E-state index is 12.3. The van der Waals surface area contributed by atoms with Gasteiger partial charge in [-0.25, -0.2) is 4.98 Å². The fraction of sp³-hybridized carbons (Fsp3) is 0.0909. The lowest BCUT2D eigenvalue weighted by atomic mass is 10.2. The van der Waals surface area contributed by atoms with Crippen LogP contribution in [0.4, 0.5) is 5.69 Å². The Hall–Kier alpha value is -3.25. The molecule has 1 heterocycles. The Kier molecular flexibility index (Phi) is 5.30. The minimum Gasteiger partial charge on any atom is -0.497 e. The lowest BCUT2D eigenvalue weighted by molar-refractivity contribution is -0.113. The molecule has 4 aromatic rings. The molecule has 0 aliphatic heterocycles. The van der Waals surface area contributed by atoms with Crippen molar-refractivity contribution in [3.05, 3.63) is 72.8 Å². The van der Waals surface area contributed by atoms with Gasteiger partial charge in [-0.1, -0.05) is 18.2 Å². The number of fused-ring (bicyclic) bond motifs is 1. The first-order valence-electron chi connectivity index (χ1n) is 8.74. The molecule has 0 unspecified atom stereocenters.